The number of piperidine rings is 1. The summed E-state index contributed by atoms with van der Waals surface area (Å²) >= 11 is 0. The summed E-state index contributed by atoms with van der Waals surface area (Å²) in [7, 11) is 0. The zero-order valence-electron chi connectivity index (χ0n) is 16.9. The Morgan fingerprint density at radius 2 is 1.78 bits per heavy atom. The van der Waals surface area contributed by atoms with Crippen molar-refractivity contribution in [1.82, 2.24) is 14.7 Å². The van der Waals surface area contributed by atoms with Gasteiger partial charge in [0.1, 0.15) is 0 Å². The van der Waals surface area contributed by atoms with Crippen LogP contribution < -0.4 is 0 Å². The first-order chi connectivity index (χ1) is 13.0. The predicted molar refractivity (Wildman–Crippen MR) is 107 cm³/mol. The average molecular weight is 372 g/mol. The van der Waals surface area contributed by atoms with Gasteiger partial charge in [-0.25, -0.2) is 0 Å². The van der Waals surface area contributed by atoms with E-state index >= 15 is 0 Å². The van der Waals surface area contributed by atoms with Crippen LogP contribution in [0.4, 0.5) is 0 Å². The van der Waals surface area contributed by atoms with Crippen LogP contribution >= 0.6 is 0 Å². The lowest BCUT2D eigenvalue weighted by Gasteiger charge is -2.36. The van der Waals surface area contributed by atoms with Crippen LogP contribution in [0.2, 0.25) is 0 Å². The highest BCUT2D eigenvalue weighted by Crippen LogP contribution is 2.27. The summed E-state index contributed by atoms with van der Waals surface area (Å²) in [6.45, 7) is 9.26. The smallest absolute Gasteiger partial charge is 0.238 e. The molecule has 0 N–H and O–H groups in total. The van der Waals surface area contributed by atoms with Gasteiger partial charge in [0.2, 0.25) is 11.8 Å². The van der Waals surface area contributed by atoms with E-state index in [4.69, 9.17) is 0 Å². The third kappa shape index (κ3) is 4.89. The zero-order valence-corrected chi connectivity index (χ0v) is 16.9. The van der Waals surface area contributed by atoms with E-state index in [1.54, 1.807) is 0 Å². The molecule has 1 unspecified atom stereocenters. The Morgan fingerprint density at radius 3 is 2.41 bits per heavy atom. The number of hydrogen-bond acceptors (Lipinski definition) is 3. The second kappa shape index (κ2) is 8.87. The fraction of sp³-hybridized carbons (Fsp3) is 0.636. The van der Waals surface area contributed by atoms with Crippen molar-refractivity contribution in [2.24, 2.45) is 5.92 Å². The number of nitrogens with zero attached hydrogens (tertiary/aromatic N) is 3. The van der Waals surface area contributed by atoms with Crippen LogP contribution in [-0.4, -0.2) is 58.9 Å². The normalized spacial score (nSPS) is 20.5. The van der Waals surface area contributed by atoms with E-state index in [0.29, 0.717) is 37.5 Å². The first-order valence-corrected chi connectivity index (χ1v) is 10.3. The van der Waals surface area contributed by atoms with Gasteiger partial charge in [-0.3, -0.25) is 14.5 Å². The molecule has 27 heavy (non-hydrogen) atoms. The average Bonchev–Trinajstić information content (AvgIpc) is 3.08. The highest BCUT2D eigenvalue weighted by Gasteiger charge is 2.36. The van der Waals surface area contributed by atoms with E-state index in [2.05, 4.69) is 37.8 Å². The molecule has 0 aliphatic carbocycles. The quantitative estimate of drug-likeness (QED) is 0.771. The maximum absolute atomic E-state index is 12.6. The summed E-state index contributed by atoms with van der Waals surface area (Å²) in [6.07, 6.45) is 3.56. The monoisotopic (exact) mass is 371 g/mol. The number of amides is 2. The van der Waals surface area contributed by atoms with Crippen molar-refractivity contribution >= 4 is 11.8 Å². The molecule has 148 valence electrons. The number of likely N-dealkylation sites (tertiary alicyclic amines) is 1. The maximum Gasteiger partial charge on any atom is 0.238 e. The van der Waals surface area contributed by atoms with E-state index in [9.17, 15) is 9.59 Å². The minimum Gasteiger partial charge on any atom is -0.343 e. The maximum atomic E-state index is 12.6. The zero-order chi connectivity index (χ0) is 19.4. The molecular weight excluding hydrogens is 338 g/mol. The summed E-state index contributed by atoms with van der Waals surface area (Å²) in [5.41, 5.74) is 1.18. The lowest BCUT2D eigenvalue weighted by molar-refractivity contribution is -0.133. The SMILES string of the molecule is CC(C)CCC(=O)N1CCC(N2CC(=O)N(C(C)c3ccccc3)C2)CC1. The topological polar surface area (TPSA) is 43.9 Å². The fourth-order valence-corrected chi connectivity index (χ4v) is 4.13. The van der Waals surface area contributed by atoms with Gasteiger partial charge in [0.15, 0.2) is 0 Å². The Balaban J connectivity index is 1.51. The minimum atomic E-state index is 0.0985. The van der Waals surface area contributed by atoms with Crippen LogP contribution in [0.3, 0.4) is 0 Å². The largest absolute Gasteiger partial charge is 0.343 e. The van der Waals surface area contributed by atoms with Gasteiger partial charge < -0.3 is 9.80 Å². The molecule has 5 heteroatoms. The van der Waals surface area contributed by atoms with Gasteiger partial charge in [-0.05, 0) is 37.7 Å². The summed E-state index contributed by atoms with van der Waals surface area (Å²) < 4.78 is 0. The number of rotatable bonds is 6. The Labute approximate surface area is 163 Å². The molecular formula is C22H33N3O2. The van der Waals surface area contributed by atoms with Crippen molar-refractivity contribution < 1.29 is 9.59 Å². The number of hydrogen-bond donors (Lipinski definition) is 0. The lowest BCUT2D eigenvalue weighted by Crippen LogP contribution is -2.46. The second-order valence-corrected chi connectivity index (χ2v) is 8.38. The van der Waals surface area contributed by atoms with Gasteiger partial charge in [0.05, 0.1) is 19.3 Å². The van der Waals surface area contributed by atoms with Crippen LogP contribution in [0.15, 0.2) is 30.3 Å². The summed E-state index contributed by atoms with van der Waals surface area (Å²) in [6, 6.07) is 10.7. The predicted octanol–water partition coefficient (Wildman–Crippen LogP) is 3.28. The van der Waals surface area contributed by atoms with Crippen LogP contribution in [-0.2, 0) is 9.59 Å². The van der Waals surface area contributed by atoms with E-state index in [0.717, 1.165) is 32.4 Å². The molecule has 3 rings (SSSR count). The molecule has 1 atom stereocenters. The third-order valence-corrected chi connectivity index (χ3v) is 6.01. The molecule has 2 amide bonds. The molecule has 1 aromatic rings. The van der Waals surface area contributed by atoms with Crippen molar-refractivity contribution in [3.05, 3.63) is 35.9 Å². The van der Waals surface area contributed by atoms with Gasteiger partial charge in [0.25, 0.3) is 0 Å². The Hall–Kier alpha value is -1.88. The molecule has 0 aromatic heterocycles. The Kier molecular flexibility index (Phi) is 6.53. The third-order valence-electron chi connectivity index (χ3n) is 6.01. The Morgan fingerprint density at radius 1 is 1.11 bits per heavy atom. The standard InChI is InChI=1S/C22H33N3O2/c1-17(2)9-10-21(26)23-13-11-20(12-14-23)24-15-22(27)25(16-24)18(3)19-7-5-4-6-8-19/h4-8,17-18,20H,9-16H2,1-3H3. The van der Waals surface area contributed by atoms with Crippen LogP contribution in [0.25, 0.3) is 0 Å². The van der Waals surface area contributed by atoms with Gasteiger partial charge in [-0.1, -0.05) is 44.2 Å². The van der Waals surface area contributed by atoms with Crippen molar-refractivity contribution in [3.63, 3.8) is 0 Å². The molecule has 5 nitrogen and oxygen atoms in total. The molecule has 0 bridgehead atoms. The highest BCUT2D eigenvalue weighted by molar-refractivity contribution is 5.80. The van der Waals surface area contributed by atoms with E-state index in [1.165, 1.54) is 5.56 Å². The van der Waals surface area contributed by atoms with Crippen molar-refractivity contribution in [3.8, 4) is 0 Å². The van der Waals surface area contributed by atoms with Crippen LogP contribution in [0, 0.1) is 5.92 Å². The molecule has 0 spiro atoms. The molecule has 2 aliphatic rings. The van der Waals surface area contributed by atoms with Gasteiger partial charge in [-0.15, -0.1) is 0 Å². The van der Waals surface area contributed by atoms with Gasteiger partial charge in [0, 0.05) is 25.6 Å². The molecule has 0 radical (unpaired) electrons. The molecule has 2 aliphatic heterocycles. The molecule has 1 aromatic carbocycles. The van der Waals surface area contributed by atoms with Crippen LogP contribution in [0.5, 0.6) is 0 Å². The van der Waals surface area contributed by atoms with Crippen LogP contribution in [0.1, 0.15) is 58.1 Å². The Bertz CT molecular complexity index is 638. The first-order valence-electron chi connectivity index (χ1n) is 10.3. The van der Waals surface area contributed by atoms with Gasteiger partial charge >= 0.3 is 0 Å². The molecule has 2 heterocycles. The summed E-state index contributed by atoms with van der Waals surface area (Å²) in [5, 5.41) is 0. The van der Waals surface area contributed by atoms with Crippen molar-refractivity contribution in [2.75, 3.05) is 26.3 Å². The molecule has 2 fully saturated rings. The number of carbonyl (C=O) groups excluding carboxylic acids is 2. The molecule has 0 saturated carbocycles. The number of benzene rings is 1. The van der Waals surface area contributed by atoms with Crippen molar-refractivity contribution in [1.29, 1.82) is 0 Å². The van der Waals surface area contributed by atoms with E-state index in [-0.39, 0.29) is 11.9 Å². The first kappa shape index (κ1) is 19.9. The van der Waals surface area contributed by atoms with E-state index < -0.39 is 0 Å². The number of carbonyl (C=O) groups is 2. The van der Waals surface area contributed by atoms with Gasteiger partial charge in [-0.2, -0.15) is 0 Å². The van der Waals surface area contributed by atoms with Crippen molar-refractivity contribution in [2.45, 2.75) is 58.5 Å². The second-order valence-electron chi connectivity index (χ2n) is 8.38. The summed E-state index contributed by atoms with van der Waals surface area (Å²) in [5.74, 6) is 1.07. The highest BCUT2D eigenvalue weighted by atomic mass is 16.2. The summed E-state index contributed by atoms with van der Waals surface area (Å²) in [4.78, 5) is 31.2. The fourth-order valence-electron chi connectivity index (χ4n) is 4.13. The molecule has 2 saturated heterocycles. The lowest BCUT2D eigenvalue weighted by atomic mass is 10.0. The minimum absolute atomic E-state index is 0.0985. The van der Waals surface area contributed by atoms with E-state index in [1.807, 2.05) is 28.0 Å².